The Kier molecular flexibility index (Phi) is 13.1. The van der Waals surface area contributed by atoms with Crippen LogP contribution >= 0.6 is 18.7 Å². The van der Waals surface area contributed by atoms with E-state index in [0.29, 0.717) is 51.5 Å². The number of piperazine rings is 1. The van der Waals surface area contributed by atoms with Crippen molar-refractivity contribution in [1.82, 2.24) is 44.8 Å². The van der Waals surface area contributed by atoms with Gasteiger partial charge in [0, 0.05) is 93.4 Å². The Morgan fingerprint density at radius 1 is 0.882 bits per heavy atom. The van der Waals surface area contributed by atoms with Gasteiger partial charge in [0.15, 0.2) is 5.82 Å². The summed E-state index contributed by atoms with van der Waals surface area (Å²) in [4.78, 5) is 74.8. The first-order chi connectivity index (χ1) is 32.8. The zero-order chi connectivity index (χ0) is 47.7. The van der Waals surface area contributed by atoms with Crippen molar-refractivity contribution in [2.45, 2.75) is 38.1 Å². The smallest absolute Gasteiger partial charge is 0.264 e. The summed E-state index contributed by atoms with van der Waals surface area (Å²) in [6.07, 6.45) is 11.5. The van der Waals surface area contributed by atoms with Crippen LogP contribution in [0, 0.1) is 0 Å². The average Bonchev–Trinajstić information content (AvgIpc) is 3.87. The minimum absolute atomic E-state index is 0.0713. The monoisotopic (exact) mass is 959 g/mol. The lowest BCUT2D eigenvalue weighted by atomic mass is 10.0. The van der Waals surface area contributed by atoms with E-state index in [1.165, 1.54) is 6.20 Å². The number of aromatic nitrogens is 6. The lowest BCUT2D eigenvalue weighted by Gasteiger charge is -2.37. The number of piperidine rings is 1. The quantitative estimate of drug-likeness (QED) is 0.0495. The van der Waals surface area contributed by atoms with Gasteiger partial charge >= 0.3 is 0 Å². The Bertz CT molecular complexity index is 3010. The first-order valence-corrected chi connectivity index (χ1v) is 25.4. The molecule has 19 nitrogen and oxygen atoms in total. The number of rotatable bonds is 16. The number of methoxy groups -OCH3 is 1. The summed E-state index contributed by atoms with van der Waals surface area (Å²) in [7, 11) is 0.667. The largest absolute Gasteiger partial charge is 0.494 e. The highest BCUT2D eigenvalue weighted by Gasteiger charge is 2.45. The van der Waals surface area contributed by atoms with Gasteiger partial charge in [-0.25, -0.2) is 4.98 Å². The van der Waals surface area contributed by atoms with Crippen LogP contribution in [0.15, 0.2) is 73.4 Å². The molecule has 6 aromatic rings. The number of benzene rings is 3. The van der Waals surface area contributed by atoms with Crippen molar-refractivity contribution in [3.05, 3.63) is 89.6 Å². The van der Waals surface area contributed by atoms with Crippen molar-refractivity contribution in [2.75, 3.05) is 80.6 Å². The van der Waals surface area contributed by atoms with E-state index in [-0.39, 0.29) is 34.9 Å². The predicted octanol–water partition coefficient (Wildman–Crippen LogP) is 6.02. The Morgan fingerprint density at radius 3 is 2.44 bits per heavy atom. The third kappa shape index (κ3) is 9.46. The van der Waals surface area contributed by atoms with Gasteiger partial charge < -0.3 is 30.2 Å². The van der Waals surface area contributed by atoms with E-state index in [4.69, 9.17) is 21.3 Å². The molecule has 4 N–H and O–H groups in total. The second-order valence-electron chi connectivity index (χ2n) is 17.3. The van der Waals surface area contributed by atoms with E-state index in [1.54, 1.807) is 61.8 Å². The lowest BCUT2D eigenvalue weighted by Crippen LogP contribution is -2.54. The van der Waals surface area contributed by atoms with E-state index in [9.17, 15) is 23.7 Å². The highest BCUT2D eigenvalue weighted by atomic mass is 35.5. The summed E-state index contributed by atoms with van der Waals surface area (Å²) in [5.74, 6) is -0.910. The fourth-order valence-electron chi connectivity index (χ4n) is 9.05. The molecular formula is C47H51ClN13O6P. The molecule has 9 rings (SSSR count). The van der Waals surface area contributed by atoms with Gasteiger partial charge in [0.25, 0.3) is 11.8 Å². The van der Waals surface area contributed by atoms with Crippen molar-refractivity contribution in [3.8, 4) is 16.9 Å². The summed E-state index contributed by atoms with van der Waals surface area (Å²) < 4.78 is 21.3. The molecule has 0 aliphatic carbocycles. The third-order valence-electron chi connectivity index (χ3n) is 12.4. The van der Waals surface area contributed by atoms with E-state index in [1.807, 2.05) is 37.6 Å². The van der Waals surface area contributed by atoms with Crippen molar-refractivity contribution >= 4 is 93.2 Å². The molecule has 1 atom stereocenters. The summed E-state index contributed by atoms with van der Waals surface area (Å²) in [5.41, 5.74) is 6.35. The van der Waals surface area contributed by atoms with Crippen LogP contribution in [0.3, 0.4) is 0 Å². The molecule has 68 heavy (non-hydrogen) atoms. The molecule has 0 bridgehead atoms. The molecule has 1 unspecified atom stereocenters. The van der Waals surface area contributed by atoms with Gasteiger partial charge in [-0.15, -0.1) is 0 Å². The van der Waals surface area contributed by atoms with Gasteiger partial charge in [-0.3, -0.25) is 48.9 Å². The van der Waals surface area contributed by atoms with Crippen LogP contribution < -0.4 is 36.2 Å². The molecular weight excluding hydrogens is 909 g/mol. The van der Waals surface area contributed by atoms with Crippen LogP contribution in [0.2, 0.25) is 5.02 Å². The molecule has 3 aliphatic rings. The van der Waals surface area contributed by atoms with E-state index in [2.05, 4.69) is 51.1 Å². The van der Waals surface area contributed by atoms with Crippen LogP contribution in [-0.4, -0.2) is 129 Å². The molecule has 3 aromatic carbocycles. The number of imide groups is 2. The Labute approximate surface area is 397 Å². The van der Waals surface area contributed by atoms with Gasteiger partial charge in [-0.2, -0.15) is 10.1 Å². The van der Waals surface area contributed by atoms with Crippen molar-refractivity contribution in [3.63, 3.8) is 0 Å². The summed E-state index contributed by atoms with van der Waals surface area (Å²) in [6, 6.07) is 11.8. The number of nitrogens with one attached hydrogen (secondary N) is 4. The number of unbranched alkanes of at least 4 members (excludes halogenated alkanes) is 2. The average molecular weight is 960 g/mol. The van der Waals surface area contributed by atoms with Gasteiger partial charge in [0.1, 0.15) is 29.5 Å². The second-order valence-corrected chi connectivity index (χ2v) is 20.9. The number of carbonyl (C=O) groups is 4. The molecule has 352 valence electrons. The Morgan fingerprint density at radius 2 is 1.69 bits per heavy atom. The van der Waals surface area contributed by atoms with E-state index < -0.39 is 36.8 Å². The number of hydrogen-bond acceptors (Lipinski definition) is 16. The predicted molar refractivity (Wildman–Crippen MR) is 262 cm³/mol. The number of aryl methyl sites for hydroxylation is 1. The summed E-state index contributed by atoms with van der Waals surface area (Å²) in [5, 5.41) is 17.5. The number of ether oxygens (including phenoxy) is 1. The van der Waals surface area contributed by atoms with E-state index in [0.717, 1.165) is 73.7 Å². The minimum atomic E-state index is -2.84. The molecule has 0 radical (unpaired) electrons. The normalized spacial score (nSPS) is 16.6. The fourth-order valence-corrected chi connectivity index (χ4v) is 10.6. The maximum Gasteiger partial charge on any atom is 0.264 e. The first kappa shape index (κ1) is 46.2. The molecule has 0 spiro atoms. The number of carbonyl (C=O) groups excluding carboxylic acids is 4. The fraction of sp³-hybridized carbons (Fsp3) is 0.340. The Balaban J connectivity index is 0.826. The maximum atomic E-state index is 13.6. The zero-order valence-corrected chi connectivity index (χ0v) is 39.7. The third-order valence-corrected chi connectivity index (χ3v) is 14.2. The second kappa shape index (κ2) is 19.3. The molecule has 2 saturated heterocycles. The van der Waals surface area contributed by atoms with Crippen LogP contribution in [0.5, 0.6) is 5.75 Å². The summed E-state index contributed by atoms with van der Waals surface area (Å²) >= 11 is 6.65. The molecule has 21 heteroatoms. The molecule has 3 aliphatic heterocycles. The van der Waals surface area contributed by atoms with Crippen molar-refractivity contribution in [2.24, 2.45) is 7.05 Å². The standard InChI is InChI=1S/C47H51ClN13O6P/c1-58-27-28(25-53-58)30-23-35(55-47-52-26-31(48)43(57-47)54-34-12-11-33-41(51-17-16-50-33)42(34)68(3,4)66)38(67-2)24-37(30)60-21-19-59(20-22-60)18-7-5-6-15-49-32-10-8-9-29-40(32)46(65)61(45(29)64)36-13-14-39(62)56-44(36)63/h8-12,16-17,23-27,36,49H,5-7,13-15,18-22H2,1-4H3,(H,56,62,63)(H2,52,54,55,57). The number of amides is 4. The highest BCUT2D eigenvalue weighted by molar-refractivity contribution is 7.71. The number of fused-ring (bicyclic) bond motifs is 2. The molecule has 0 saturated carbocycles. The topological polar surface area (TPSA) is 222 Å². The molecule has 6 heterocycles. The maximum absolute atomic E-state index is 13.6. The van der Waals surface area contributed by atoms with Crippen LogP contribution in [0.1, 0.15) is 52.8 Å². The van der Waals surface area contributed by atoms with Gasteiger partial charge in [-0.05, 0) is 69.5 Å². The van der Waals surface area contributed by atoms with Crippen molar-refractivity contribution < 1.29 is 28.5 Å². The SMILES string of the molecule is COc1cc(N2CCN(CCCCCNc3cccc4c3C(=O)N(C3CCC(=O)NC3=O)C4=O)CC2)c(-c2cnn(C)c2)cc1Nc1ncc(Cl)c(Nc2ccc3nccnc3c2P(C)(C)=O)n1. The van der Waals surface area contributed by atoms with Crippen molar-refractivity contribution in [1.29, 1.82) is 0 Å². The van der Waals surface area contributed by atoms with Crippen LogP contribution in [0.4, 0.5) is 34.5 Å². The van der Waals surface area contributed by atoms with Crippen LogP contribution in [0.25, 0.3) is 22.2 Å². The highest BCUT2D eigenvalue weighted by Crippen LogP contribution is 2.43. The number of halogens is 1. The summed E-state index contributed by atoms with van der Waals surface area (Å²) in [6.45, 7) is 8.26. The Hall–Kier alpha value is -6.95. The lowest BCUT2D eigenvalue weighted by molar-refractivity contribution is -0.136. The van der Waals surface area contributed by atoms with Gasteiger partial charge in [0.2, 0.25) is 17.8 Å². The molecule has 3 aromatic heterocycles. The molecule has 2 fully saturated rings. The van der Waals surface area contributed by atoms with E-state index >= 15 is 0 Å². The zero-order valence-electron chi connectivity index (χ0n) is 38.1. The van der Waals surface area contributed by atoms with Gasteiger partial charge in [0.05, 0.1) is 52.8 Å². The number of anilines is 6. The van der Waals surface area contributed by atoms with Gasteiger partial charge in [-0.1, -0.05) is 24.1 Å². The number of hydrogen-bond donors (Lipinski definition) is 4. The number of nitrogens with zero attached hydrogens (tertiary/aromatic N) is 9. The first-order valence-electron chi connectivity index (χ1n) is 22.4. The minimum Gasteiger partial charge on any atom is -0.494 e. The van der Waals surface area contributed by atoms with Crippen LogP contribution in [-0.2, 0) is 21.2 Å². The molecule has 4 amide bonds.